The minimum atomic E-state index is -1.26. The lowest BCUT2D eigenvalue weighted by molar-refractivity contribution is 0.0176. The molecule has 1 rings (SSSR count). The Morgan fingerprint density at radius 3 is 2.80 bits per heavy atom. The first-order chi connectivity index (χ1) is 7.06. The van der Waals surface area contributed by atoms with E-state index >= 15 is 0 Å². The molecule has 84 valence electrons. The molecule has 0 aliphatic rings. The van der Waals surface area contributed by atoms with Crippen molar-refractivity contribution in [3.63, 3.8) is 0 Å². The van der Waals surface area contributed by atoms with E-state index in [4.69, 9.17) is 0 Å². The number of hydrogen-bond acceptors (Lipinski definition) is 4. The maximum absolute atomic E-state index is 13.2. The van der Waals surface area contributed by atoms with Crippen molar-refractivity contribution in [1.82, 2.24) is 10.3 Å². The molecule has 0 fully saturated rings. The number of nitrogens with one attached hydrogen (secondary N) is 1. The SMILES string of the molecule is CNCC(O)C(O)c1cc(C)cnc1F. The van der Waals surface area contributed by atoms with E-state index in [-0.39, 0.29) is 12.1 Å². The molecular weight excluding hydrogens is 199 g/mol. The number of aliphatic hydroxyl groups excluding tert-OH is 2. The number of pyridine rings is 1. The molecule has 0 spiro atoms. The molecule has 4 nitrogen and oxygen atoms in total. The average molecular weight is 214 g/mol. The molecule has 1 heterocycles. The lowest BCUT2D eigenvalue weighted by atomic mass is 10.0. The molecule has 0 saturated heterocycles. The molecule has 1 aromatic heterocycles. The Morgan fingerprint density at radius 2 is 2.20 bits per heavy atom. The summed E-state index contributed by atoms with van der Waals surface area (Å²) in [5, 5.41) is 21.8. The van der Waals surface area contributed by atoms with Gasteiger partial charge in [0.2, 0.25) is 5.95 Å². The Labute approximate surface area is 87.8 Å². The molecule has 0 radical (unpaired) electrons. The van der Waals surface area contributed by atoms with Crippen LogP contribution in [0.15, 0.2) is 12.3 Å². The molecule has 0 saturated carbocycles. The van der Waals surface area contributed by atoms with Crippen molar-refractivity contribution >= 4 is 0 Å². The van der Waals surface area contributed by atoms with E-state index in [1.54, 1.807) is 14.0 Å². The fourth-order valence-electron chi connectivity index (χ4n) is 1.31. The van der Waals surface area contributed by atoms with Crippen LogP contribution in [0, 0.1) is 12.9 Å². The van der Waals surface area contributed by atoms with Gasteiger partial charge in [0.05, 0.1) is 6.10 Å². The average Bonchev–Trinajstić information content (AvgIpc) is 2.21. The van der Waals surface area contributed by atoms with Crippen molar-refractivity contribution in [2.45, 2.75) is 19.1 Å². The van der Waals surface area contributed by atoms with Crippen LogP contribution in [-0.4, -0.2) is 34.9 Å². The molecule has 3 N–H and O–H groups in total. The van der Waals surface area contributed by atoms with Crippen molar-refractivity contribution in [1.29, 1.82) is 0 Å². The first-order valence-electron chi connectivity index (χ1n) is 4.69. The fraction of sp³-hybridized carbons (Fsp3) is 0.500. The largest absolute Gasteiger partial charge is 0.389 e. The molecule has 15 heavy (non-hydrogen) atoms. The van der Waals surface area contributed by atoms with Crippen molar-refractivity contribution in [2.75, 3.05) is 13.6 Å². The summed E-state index contributed by atoms with van der Waals surface area (Å²) in [5.74, 6) is -0.747. The monoisotopic (exact) mass is 214 g/mol. The molecule has 0 aliphatic carbocycles. The normalized spacial score (nSPS) is 15.0. The summed E-state index contributed by atoms with van der Waals surface area (Å²) in [5.41, 5.74) is 0.764. The van der Waals surface area contributed by atoms with Crippen LogP contribution in [0.2, 0.25) is 0 Å². The molecule has 0 aromatic carbocycles. The second-order valence-electron chi connectivity index (χ2n) is 3.46. The Morgan fingerprint density at radius 1 is 1.53 bits per heavy atom. The van der Waals surface area contributed by atoms with Crippen LogP contribution >= 0.6 is 0 Å². The molecular formula is C10H15FN2O2. The molecule has 5 heteroatoms. The van der Waals surface area contributed by atoms with E-state index in [0.29, 0.717) is 0 Å². The lowest BCUT2D eigenvalue weighted by Gasteiger charge is -2.18. The summed E-state index contributed by atoms with van der Waals surface area (Å²) in [6.45, 7) is 1.93. The van der Waals surface area contributed by atoms with Crippen LogP contribution in [0.1, 0.15) is 17.2 Å². The first-order valence-corrected chi connectivity index (χ1v) is 4.69. The van der Waals surface area contributed by atoms with Gasteiger partial charge in [-0.15, -0.1) is 0 Å². The maximum Gasteiger partial charge on any atom is 0.218 e. The minimum absolute atomic E-state index is 0.0257. The summed E-state index contributed by atoms with van der Waals surface area (Å²) < 4.78 is 13.2. The van der Waals surface area contributed by atoms with Crippen LogP contribution in [0.3, 0.4) is 0 Å². The molecule has 0 aliphatic heterocycles. The molecule has 2 unspecified atom stereocenters. The van der Waals surface area contributed by atoms with Gasteiger partial charge in [-0.3, -0.25) is 0 Å². The summed E-state index contributed by atoms with van der Waals surface area (Å²) >= 11 is 0. The number of aromatic nitrogens is 1. The van der Waals surface area contributed by atoms with Crippen molar-refractivity contribution < 1.29 is 14.6 Å². The van der Waals surface area contributed by atoms with E-state index < -0.39 is 18.2 Å². The topological polar surface area (TPSA) is 65.4 Å². The summed E-state index contributed by atoms with van der Waals surface area (Å²) in [6.07, 6.45) is -0.936. The van der Waals surface area contributed by atoms with Gasteiger partial charge < -0.3 is 15.5 Å². The number of aryl methyl sites for hydroxylation is 1. The van der Waals surface area contributed by atoms with E-state index in [1.165, 1.54) is 12.3 Å². The first kappa shape index (κ1) is 12.0. The van der Waals surface area contributed by atoms with E-state index in [2.05, 4.69) is 10.3 Å². The van der Waals surface area contributed by atoms with Crippen LogP contribution < -0.4 is 5.32 Å². The highest BCUT2D eigenvalue weighted by molar-refractivity contribution is 5.21. The zero-order valence-corrected chi connectivity index (χ0v) is 8.74. The van der Waals surface area contributed by atoms with Gasteiger partial charge in [-0.2, -0.15) is 4.39 Å². The van der Waals surface area contributed by atoms with E-state index in [1.807, 2.05) is 0 Å². The zero-order valence-electron chi connectivity index (χ0n) is 8.74. The molecule has 0 bridgehead atoms. The van der Waals surface area contributed by atoms with Gasteiger partial charge in [0.1, 0.15) is 6.10 Å². The highest BCUT2D eigenvalue weighted by Gasteiger charge is 2.21. The predicted molar refractivity (Wildman–Crippen MR) is 53.8 cm³/mol. The number of hydrogen-bond donors (Lipinski definition) is 3. The Bertz CT molecular complexity index is 333. The third-order valence-corrected chi connectivity index (χ3v) is 2.10. The van der Waals surface area contributed by atoms with E-state index in [0.717, 1.165) is 5.56 Å². The quantitative estimate of drug-likeness (QED) is 0.624. The predicted octanol–water partition coefficient (Wildman–Crippen LogP) is 0.143. The van der Waals surface area contributed by atoms with Crippen LogP contribution in [0.4, 0.5) is 4.39 Å². The third kappa shape index (κ3) is 2.95. The Kier molecular flexibility index (Phi) is 4.14. The van der Waals surface area contributed by atoms with E-state index in [9.17, 15) is 14.6 Å². The Hall–Kier alpha value is -1.04. The van der Waals surface area contributed by atoms with Crippen LogP contribution in [0.5, 0.6) is 0 Å². The minimum Gasteiger partial charge on any atom is -0.389 e. The van der Waals surface area contributed by atoms with Crippen LogP contribution in [-0.2, 0) is 0 Å². The second kappa shape index (κ2) is 5.16. The smallest absolute Gasteiger partial charge is 0.218 e. The van der Waals surface area contributed by atoms with Crippen molar-refractivity contribution in [2.24, 2.45) is 0 Å². The van der Waals surface area contributed by atoms with Gasteiger partial charge in [0, 0.05) is 18.3 Å². The Balaban J connectivity index is 2.89. The number of halogens is 1. The van der Waals surface area contributed by atoms with Gasteiger partial charge >= 0.3 is 0 Å². The highest BCUT2D eigenvalue weighted by Crippen LogP contribution is 2.19. The van der Waals surface area contributed by atoms with Crippen molar-refractivity contribution in [3.8, 4) is 0 Å². The number of rotatable bonds is 4. The van der Waals surface area contributed by atoms with Crippen molar-refractivity contribution in [3.05, 3.63) is 29.3 Å². The van der Waals surface area contributed by atoms with Gasteiger partial charge in [-0.25, -0.2) is 4.98 Å². The molecule has 1 aromatic rings. The van der Waals surface area contributed by atoms with Gasteiger partial charge in [-0.05, 0) is 25.6 Å². The highest BCUT2D eigenvalue weighted by atomic mass is 19.1. The summed E-state index contributed by atoms with van der Waals surface area (Å²) in [7, 11) is 1.64. The zero-order chi connectivity index (χ0) is 11.4. The second-order valence-corrected chi connectivity index (χ2v) is 3.46. The molecule has 2 atom stereocenters. The van der Waals surface area contributed by atoms with Gasteiger partial charge in [0.15, 0.2) is 0 Å². The standard InChI is InChI=1S/C10H15FN2O2/c1-6-3-7(10(11)13-4-6)9(15)8(14)5-12-2/h3-4,8-9,12,14-15H,5H2,1-2H3. The van der Waals surface area contributed by atoms with Gasteiger partial charge in [0.25, 0.3) is 0 Å². The number of likely N-dealkylation sites (N-methyl/N-ethyl adjacent to an activating group) is 1. The van der Waals surface area contributed by atoms with Crippen LogP contribution in [0.25, 0.3) is 0 Å². The summed E-state index contributed by atoms with van der Waals surface area (Å²) in [6, 6.07) is 1.48. The third-order valence-electron chi connectivity index (χ3n) is 2.10. The molecule has 0 amide bonds. The maximum atomic E-state index is 13.2. The number of nitrogens with zero attached hydrogens (tertiary/aromatic N) is 1. The number of aliphatic hydroxyl groups is 2. The summed E-state index contributed by atoms with van der Waals surface area (Å²) in [4.78, 5) is 3.48. The lowest BCUT2D eigenvalue weighted by Crippen LogP contribution is -2.30. The van der Waals surface area contributed by atoms with Gasteiger partial charge in [-0.1, -0.05) is 0 Å². The fourth-order valence-corrected chi connectivity index (χ4v) is 1.31.